The number of nitrogens with two attached hydrogens (primary N) is 1. The maximum Gasteiger partial charge on any atom is 0.210 e. The minimum absolute atomic E-state index is 0.667. The van der Waals surface area contributed by atoms with Crippen LogP contribution in [0.3, 0.4) is 0 Å². The Morgan fingerprint density at radius 3 is 2.56 bits per heavy atom. The Morgan fingerprint density at radius 1 is 1.22 bits per heavy atom. The predicted molar refractivity (Wildman–Crippen MR) is 73.5 cm³/mol. The zero-order valence-corrected chi connectivity index (χ0v) is 10.8. The molecule has 1 aromatic carbocycles. The molecule has 0 aliphatic heterocycles. The minimum atomic E-state index is 0.667. The van der Waals surface area contributed by atoms with E-state index < -0.39 is 0 Å². The summed E-state index contributed by atoms with van der Waals surface area (Å²) in [5.41, 5.74) is 6.45. The van der Waals surface area contributed by atoms with Crippen molar-refractivity contribution < 1.29 is 4.79 Å². The van der Waals surface area contributed by atoms with Gasteiger partial charge in [-0.25, -0.2) is 0 Å². The standard InChI is InChI=1S/C14H21N3O/c1-16(11-8-15)9-5-10-17(13-18)12-14-6-3-2-4-7-14/h2-4,6-8,11,13H,5,9-10,12,15H2,1H3/b11-8-. The lowest BCUT2D eigenvalue weighted by molar-refractivity contribution is -0.118. The second-order valence-electron chi connectivity index (χ2n) is 4.24. The zero-order valence-electron chi connectivity index (χ0n) is 10.8. The van der Waals surface area contributed by atoms with Gasteiger partial charge in [0.15, 0.2) is 0 Å². The molecular formula is C14H21N3O. The van der Waals surface area contributed by atoms with Gasteiger partial charge >= 0.3 is 0 Å². The van der Waals surface area contributed by atoms with E-state index in [2.05, 4.69) is 0 Å². The number of amides is 1. The minimum Gasteiger partial charge on any atom is -0.403 e. The van der Waals surface area contributed by atoms with Crippen LogP contribution >= 0.6 is 0 Å². The summed E-state index contributed by atoms with van der Waals surface area (Å²) in [6.45, 7) is 2.30. The third kappa shape index (κ3) is 5.39. The van der Waals surface area contributed by atoms with E-state index in [4.69, 9.17) is 5.73 Å². The Hall–Kier alpha value is -1.97. The van der Waals surface area contributed by atoms with E-state index in [-0.39, 0.29) is 0 Å². The van der Waals surface area contributed by atoms with Crippen LogP contribution in [0.15, 0.2) is 42.7 Å². The number of hydrogen-bond donors (Lipinski definition) is 1. The normalized spacial score (nSPS) is 10.5. The van der Waals surface area contributed by atoms with Crippen molar-refractivity contribution >= 4 is 6.41 Å². The van der Waals surface area contributed by atoms with Crippen LogP contribution < -0.4 is 5.73 Å². The van der Waals surface area contributed by atoms with Crippen molar-refractivity contribution in [3.8, 4) is 0 Å². The van der Waals surface area contributed by atoms with Crippen LogP contribution in [0.4, 0.5) is 0 Å². The molecule has 0 spiro atoms. The van der Waals surface area contributed by atoms with E-state index in [1.807, 2.05) is 48.5 Å². The van der Waals surface area contributed by atoms with E-state index in [0.29, 0.717) is 6.54 Å². The molecule has 0 aliphatic carbocycles. The molecule has 2 N–H and O–H groups in total. The summed E-state index contributed by atoms with van der Waals surface area (Å²) in [6.07, 6.45) is 5.17. The van der Waals surface area contributed by atoms with Crippen molar-refractivity contribution in [3.05, 3.63) is 48.3 Å². The molecule has 4 heteroatoms. The highest BCUT2D eigenvalue weighted by atomic mass is 16.1. The van der Waals surface area contributed by atoms with Crippen LogP contribution in [0.2, 0.25) is 0 Å². The van der Waals surface area contributed by atoms with Crippen LogP contribution in [0.25, 0.3) is 0 Å². The first kappa shape index (κ1) is 14.1. The van der Waals surface area contributed by atoms with Gasteiger partial charge in [-0.2, -0.15) is 0 Å². The maximum atomic E-state index is 11.0. The van der Waals surface area contributed by atoms with Crippen molar-refractivity contribution in [2.45, 2.75) is 13.0 Å². The van der Waals surface area contributed by atoms with Crippen LogP contribution in [-0.4, -0.2) is 36.3 Å². The molecule has 0 fully saturated rings. The van der Waals surface area contributed by atoms with E-state index in [9.17, 15) is 4.79 Å². The third-order valence-electron chi connectivity index (χ3n) is 2.67. The molecule has 0 heterocycles. The molecule has 0 bridgehead atoms. The third-order valence-corrected chi connectivity index (χ3v) is 2.67. The van der Waals surface area contributed by atoms with Gasteiger partial charge < -0.3 is 15.5 Å². The smallest absolute Gasteiger partial charge is 0.210 e. The lowest BCUT2D eigenvalue weighted by Gasteiger charge is -2.19. The molecule has 0 atom stereocenters. The average Bonchev–Trinajstić information content (AvgIpc) is 2.39. The van der Waals surface area contributed by atoms with Crippen LogP contribution in [0.5, 0.6) is 0 Å². The van der Waals surface area contributed by atoms with Gasteiger partial charge in [-0.1, -0.05) is 30.3 Å². The second-order valence-corrected chi connectivity index (χ2v) is 4.24. The van der Waals surface area contributed by atoms with Crippen molar-refractivity contribution in [3.63, 3.8) is 0 Å². The van der Waals surface area contributed by atoms with E-state index in [0.717, 1.165) is 31.5 Å². The number of rotatable bonds is 8. The Morgan fingerprint density at radius 2 is 1.94 bits per heavy atom. The highest BCUT2D eigenvalue weighted by Crippen LogP contribution is 2.03. The number of carbonyl (C=O) groups excluding carboxylic acids is 1. The van der Waals surface area contributed by atoms with Crippen LogP contribution in [-0.2, 0) is 11.3 Å². The molecule has 0 radical (unpaired) electrons. The van der Waals surface area contributed by atoms with Crippen molar-refractivity contribution in [1.29, 1.82) is 0 Å². The Labute approximate surface area is 109 Å². The number of carbonyl (C=O) groups is 1. The van der Waals surface area contributed by atoms with Crippen molar-refractivity contribution in [1.82, 2.24) is 9.80 Å². The highest BCUT2D eigenvalue weighted by molar-refractivity contribution is 5.47. The topological polar surface area (TPSA) is 49.6 Å². The summed E-state index contributed by atoms with van der Waals surface area (Å²) in [6, 6.07) is 10.00. The Bertz CT molecular complexity index is 365. The molecule has 4 nitrogen and oxygen atoms in total. The summed E-state index contributed by atoms with van der Waals surface area (Å²) in [5, 5.41) is 0. The van der Waals surface area contributed by atoms with Gasteiger partial charge in [0.1, 0.15) is 0 Å². The van der Waals surface area contributed by atoms with Crippen LogP contribution in [0.1, 0.15) is 12.0 Å². The molecule has 0 aromatic heterocycles. The molecule has 0 saturated carbocycles. The van der Waals surface area contributed by atoms with Gasteiger partial charge in [0.25, 0.3) is 0 Å². The molecular weight excluding hydrogens is 226 g/mol. The quantitative estimate of drug-likeness (QED) is 0.706. The first-order chi connectivity index (χ1) is 8.76. The first-order valence-electron chi connectivity index (χ1n) is 6.08. The molecule has 1 amide bonds. The SMILES string of the molecule is CN(/C=C\N)CCCN(C=O)Cc1ccccc1. The number of benzene rings is 1. The zero-order chi connectivity index (χ0) is 13.2. The van der Waals surface area contributed by atoms with Crippen LogP contribution in [0, 0.1) is 0 Å². The fourth-order valence-corrected chi connectivity index (χ4v) is 1.73. The highest BCUT2D eigenvalue weighted by Gasteiger charge is 2.02. The van der Waals surface area contributed by atoms with Gasteiger partial charge in [0.05, 0.1) is 0 Å². The summed E-state index contributed by atoms with van der Waals surface area (Å²) in [5.74, 6) is 0. The summed E-state index contributed by atoms with van der Waals surface area (Å²) >= 11 is 0. The lowest BCUT2D eigenvalue weighted by atomic mass is 10.2. The number of nitrogens with zero attached hydrogens (tertiary/aromatic N) is 2. The molecule has 1 rings (SSSR count). The Kier molecular flexibility index (Phi) is 6.40. The molecule has 1 aromatic rings. The van der Waals surface area contributed by atoms with Crippen molar-refractivity contribution in [2.75, 3.05) is 20.1 Å². The fourth-order valence-electron chi connectivity index (χ4n) is 1.73. The van der Waals surface area contributed by atoms with Gasteiger partial charge in [-0.15, -0.1) is 0 Å². The fraction of sp³-hybridized carbons (Fsp3) is 0.357. The van der Waals surface area contributed by atoms with E-state index in [1.54, 1.807) is 4.90 Å². The van der Waals surface area contributed by atoms with E-state index >= 15 is 0 Å². The molecule has 18 heavy (non-hydrogen) atoms. The number of hydrogen-bond acceptors (Lipinski definition) is 3. The lowest BCUT2D eigenvalue weighted by Crippen LogP contribution is -2.25. The summed E-state index contributed by atoms with van der Waals surface area (Å²) in [7, 11) is 1.96. The summed E-state index contributed by atoms with van der Waals surface area (Å²) < 4.78 is 0. The predicted octanol–water partition coefficient (Wildman–Crippen LogP) is 1.40. The molecule has 0 aliphatic rings. The van der Waals surface area contributed by atoms with Gasteiger partial charge in [0, 0.05) is 39.1 Å². The average molecular weight is 247 g/mol. The molecule has 0 unspecified atom stereocenters. The summed E-state index contributed by atoms with van der Waals surface area (Å²) in [4.78, 5) is 14.8. The molecule has 98 valence electrons. The first-order valence-corrected chi connectivity index (χ1v) is 6.08. The van der Waals surface area contributed by atoms with E-state index in [1.165, 1.54) is 6.20 Å². The largest absolute Gasteiger partial charge is 0.403 e. The monoisotopic (exact) mass is 247 g/mol. The second kappa shape index (κ2) is 8.17. The van der Waals surface area contributed by atoms with Gasteiger partial charge in [-0.05, 0) is 12.0 Å². The molecule has 0 saturated heterocycles. The van der Waals surface area contributed by atoms with Gasteiger partial charge in [0.2, 0.25) is 6.41 Å². The van der Waals surface area contributed by atoms with Gasteiger partial charge in [-0.3, -0.25) is 4.79 Å². The van der Waals surface area contributed by atoms with Crippen molar-refractivity contribution in [2.24, 2.45) is 5.73 Å². The maximum absolute atomic E-state index is 11.0. The Balaban J connectivity index is 2.32.